The van der Waals surface area contributed by atoms with Crippen LogP contribution in [0, 0.1) is 5.82 Å². The highest BCUT2D eigenvalue weighted by Gasteiger charge is 2.01. The van der Waals surface area contributed by atoms with Crippen molar-refractivity contribution in [1.82, 2.24) is 5.43 Å². The molecule has 86 valence electrons. The van der Waals surface area contributed by atoms with Crippen LogP contribution in [-0.4, -0.2) is 5.84 Å². The predicted molar refractivity (Wildman–Crippen MR) is 66.4 cm³/mol. The summed E-state index contributed by atoms with van der Waals surface area (Å²) in [4.78, 5) is 4.34. The number of nitrogens with one attached hydrogen (secondary N) is 1. The van der Waals surface area contributed by atoms with Crippen LogP contribution in [0.15, 0.2) is 59.6 Å². The van der Waals surface area contributed by atoms with Crippen molar-refractivity contribution >= 4 is 11.5 Å². The van der Waals surface area contributed by atoms with Crippen molar-refractivity contribution in [3.63, 3.8) is 0 Å². The van der Waals surface area contributed by atoms with E-state index in [1.54, 1.807) is 12.1 Å². The Morgan fingerprint density at radius 2 is 1.65 bits per heavy atom. The molecule has 0 saturated carbocycles. The maximum atomic E-state index is 12.8. The number of nitrogens with zero attached hydrogens (tertiary/aromatic N) is 1. The van der Waals surface area contributed by atoms with Crippen LogP contribution < -0.4 is 11.3 Å². The molecule has 2 aromatic carbocycles. The van der Waals surface area contributed by atoms with Gasteiger partial charge in [0.15, 0.2) is 0 Å². The summed E-state index contributed by atoms with van der Waals surface area (Å²) in [6.45, 7) is 0. The zero-order valence-electron chi connectivity index (χ0n) is 9.10. The zero-order valence-corrected chi connectivity index (χ0v) is 9.10. The van der Waals surface area contributed by atoms with E-state index in [9.17, 15) is 4.39 Å². The normalized spacial score (nSPS) is 11.3. The van der Waals surface area contributed by atoms with Gasteiger partial charge in [-0.15, -0.1) is 0 Å². The van der Waals surface area contributed by atoms with Crippen molar-refractivity contribution in [3.05, 3.63) is 66.0 Å². The Balaban J connectivity index is 2.34. The van der Waals surface area contributed by atoms with E-state index in [1.807, 2.05) is 30.3 Å². The summed E-state index contributed by atoms with van der Waals surface area (Å²) >= 11 is 0. The molecular formula is C13H12FN3. The molecule has 0 atom stereocenters. The first kappa shape index (κ1) is 11.3. The Kier molecular flexibility index (Phi) is 3.47. The summed E-state index contributed by atoms with van der Waals surface area (Å²) in [5.41, 5.74) is 4.03. The lowest BCUT2D eigenvalue weighted by molar-refractivity contribution is 0.627. The number of nitrogens with two attached hydrogens (primary N) is 1. The van der Waals surface area contributed by atoms with E-state index in [2.05, 4.69) is 10.4 Å². The Hall–Kier alpha value is -2.20. The quantitative estimate of drug-likeness (QED) is 0.359. The fourth-order valence-corrected chi connectivity index (χ4v) is 1.42. The van der Waals surface area contributed by atoms with Crippen molar-refractivity contribution in [2.24, 2.45) is 10.8 Å². The Morgan fingerprint density at radius 1 is 1.00 bits per heavy atom. The second-order valence-electron chi connectivity index (χ2n) is 3.45. The summed E-state index contributed by atoms with van der Waals surface area (Å²) < 4.78 is 12.8. The van der Waals surface area contributed by atoms with Gasteiger partial charge in [-0.1, -0.05) is 18.2 Å². The zero-order chi connectivity index (χ0) is 12.1. The fraction of sp³-hybridized carbons (Fsp3) is 0. The minimum atomic E-state index is -0.287. The number of hydrazine groups is 1. The molecular weight excluding hydrogens is 217 g/mol. The van der Waals surface area contributed by atoms with Gasteiger partial charge in [0.25, 0.3) is 0 Å². The standard InChI is InChI=1S/C13H12FN3/c14-11-8-6-10(7-9-11)13(17-15)16-12-4-2-1-3-5-12/h1-9H,15H2,(H,16,17). The minimum Gasteiger partial charge on any atom is -0.308 e. The number of hydrogen-bond acceptors (Lipinski definition) is 2. The lowest BCUT2D eigenvalue weighted by atomic mass is 10.2. The van der Waals surface area contributed by atoms with Crippen LogP contribution in [0.1, 0.15) is 5.56 Å². The van der Waals surface area contributed by atoms with E-state index >= 15 is 0 Å². The number of halogens is 1. The van der Waals surface area contributed by atoms with Crippen LogP contribution >= 0.6 is 0 Å². The molecule has 0 amide bonds. The lowest BCUT2D eigenvalue weighted by Gasteiger charge is -2.05. The molecule has 0 aliphatic heterocycles. The van der Waals surface area contributed by atoms with Crippen molar-refractivity contribution in [2.75, 3.05) is 0 Å². The van der Waals surface area contributed by atoms with E-state index in [4.69, 9.17) is 5.84 Å². The van der Waals surface area contributed by atoms with E-state index < -0.39 is 0 Å². The van der Waals surface area contributed by atoms with Crippen LogP contribution in [0.4, 0.5) is 10.1 Å². The molecule has 0 fully saturated rings. The highest BCUT2D eigenvalue weighted by molar-refractivity contribution is 5.99. The number of amidine groups is 1. The van der Waals surface area contributed by atoms with Gasteiger partial charge >= 0.3 is 0 Å². The first-order valence-corrected chi connectivity index (χ1v) is 5.16. The predicted octanol–water partition coefficient (Wildman–Crippen LogP) is 2.37. The topological polar surface area (TPSA) is 50.4 Å². The second kappa shape index (κ2) is 5.23. The van der Waals surface area contributed by atoms with Gasteiger partial charge in [0, 0.05) is 5.56 Å². The number of hydrogen-bond donors (Lipinski definition) is 2. The third kappa shape index (κ3) is 2.89. The molecule has 3 nitrogen and oxygen atoms in total. The first-order valence-electron chi connectivity index (χ1n) is 5.16. The molecule has 0 aromatic heterocycles. The summed E-state index contributed by atoms with van der Waals surface area (Å²) in [5.74, 6) is 5.63. The van der Waals surface area contributed by atoms with Crippen LogP contribution in [-0.2, 0) is 0 Å². The van der Waals surface area contributed by atoms with Gasteiger partial charge in [-0.3, -0.25) is 0 Å². The van der Waals surface area contributed by atoms with Gasteiger partial charge in [-0.2, -0.15) is 0 Å². The molecule has 4 heteroatoms. The highest BCUT2D eigenvalue weighted by Crippen LogP contribution is 2.12. The van der Waals surface area contributed by atoms with Crippen molar-refractivity contribution in [1.29, 1.82) is 0 Å². The maximum Gasteiger partial charge on any atom is 0.147 e. The third-order valence-electron chi connectivity index (χ3n) is 2.25. The Morgan fingerprint density at radius 3 is 2.24 bits per heavy atom. The van der Waals surface area contributed by atoms with Gasteiger partial charge in [0.05, 0.1) is 5.69 Å². The van der Waals surface area contributed by atoms with Gasteiger partial charge in [-0.05, 0) is 36.4 Å². The second-order valence-corrected chi connectivity index (χ2v) is 3.45. The third-order valence-corrected chi connectivity index (χ3v) is 2.25. The summed E-state index contributed by atoms with van der Waals surface area (Å²) in [5, 5.41) is 0. The van der Waals surface area contributed by atoms with E-state index in [0.717, 1.165) is 11.3 Å². The summed E-state index contributed by atoms with van der Waals surface area (Å²) in [6.07, 6.45) is 0. The molecule has 0 spiro atoms. The minimum absolute atomic E-state index is 0.287. The molecule has 0 aliphatic rings. The molecule has 0 radical (unpaired) electrons. The Bertz CT molecular complexity index is 506. The highest BCUT2D eigenvalue weighted by atomic mass is 19.1. The molecule has 0 bridgehead atoms. The molecule has 0 unspecified atom stereocenters. The van der Waals surface area contributed by atoms with Crippen molar-refractivity contribution in [3.8, 4) is 0 Å². The van der Waals surface area contributed by atoms with Crippen LogP contribution in [0.2, 0.25) is 0 Å². The number of para-hydroxylation sites is 1. The van der Waals surface area contributed by atoms with Crippen LogP contribution in [0.5, 0.6) is 0 Å². The van der Waals surface area contributed by atoms with Crippen LogP contribution in [0.25, 0.3) is 0 Å². The van der Waals surface area contributed by atoms with Gasteiger partial charge in [0.2, 0.25) is 0 Å². The average Bonchev–Trinajstić information content (AvgIpc) is 2.38. The van der Waals surface area contributed by atoms with E-state index in [-0.39, 0.29) is 5.82 Å². The maximum absolute atomic E-state index is 12.8. The number of benzene rings is 2. The molecule has 2 aromatic rings. The number of rotatable bonds is 2. The first-order chi connectivity index (χ1) is 8.29. The van der Waals surface area contributed by atoms with Crippen LogP contribution in [0.3, 0.4) is 0 Å². The molecule has 17 heavy (non-hydrogen) atoms. The molecule has 0 saturated heterocycles. The molecule has 2 rings (SSSR count). The molecule has 3 N–H and O–H groups in total. The largest absolute Gasteiger partial charge is 0.308 e. The monoisotopic (exact) mass is 229 g/mol. The van der Waals surface area contributed by atoms with Crippen molar-refractivity contribution < 1.29 is 4.39 Å². The fourth-order valence-electron chi connectivity index (χ4n) is 1.42. The SMILES string of the molecule is NNC(=Nc1ccccc1)c1ccc(F)cc1. The van der Waals surface area contributed by atoms with Gasteiger partial charge in [0.1, 0.15) is 11.7 Å². The lowest BCUT2D eigenvalue weighted by Crippen LogP contribution is -2.30. The Labute approximate surface area is 98.8 Å². The molecule has 0 aliphatic carbocycles. The summed E-state index contributed by atoms with van der Waals surface area (Å²) in [6, 6.07) is 15.4. The van der Waals surface area contributed by atoms with Crippen molar-refractivity contribution in [2.45, 2.75) is 0 Å². The van der Waals surface area contributed by atoms with E-state index in [1.165, 1.54) is 12.1 Å². The van der Waals surface area contributed by atoms with E-state index in [0.29, 0.717) is 5.84 Å². The average molecular weight is 229 g/mol. The molecule has 0 heterocycles. The van der Waals surface area contributed by atoms with Gasteiger partial charge < -0.3 is 5.43 Å². The van der Waals surface area contributed by atoms with Gasteiger partial charge in [-0.25, -0.2) is 15.2 Å². The smallest absolute Gasteiger partial charge is 0.147 e. The number of aliphatic imine (C=N–C) groups is 1. The summed E-state index contributed by atoms with van der Waals surface area (Å²) in [7, 11) is 0.